The number of hydrogen-bond acceptors (Lipinski definition) is 5. The van der Waals surface area contributed by atoms with Crippen molar-refractivity contribution in [2.24, 2.45) is 0 Å². The van der Waals surface area contributed by atoms with Crippen LogP contribution in [-0.2, 0) is 6.54 Å². The number of aromatic nitrogens is 2. The molecule has 5 nitrogen and oxygen atoms in total. The molecule has 0 atom stereocenters. The number of hydrogen-bond donors (Lipinski definition) is 1. The molecule has 0 aliphatic heterocycles. The fourth-order valence-corrected chi connectivity index (χ4v) is 2.80. The summed E-state index contributed by atoms with van der Waals surface area (Å²) >= 11 is 0. The van der Waals surface area contributed by atoms with Crippen molar-refractivity contribution >= 4 is 17.5 Å². The number of nitrogens with zero attached hydrogens (tertiary/aromatic N) is 3. The van der Waals surface area contributed by atoms with Crippen LogP contribution < -0.4 is 15.0 Å². The minimum atomic E-state index is 0.566. The smallest absolute Gasteiger partial charge is 0.229 e. The number of para-hydroxylation sites is 2. The maximum absolute atomic E-state index is 5.40. The summed E-state index contributed by atoms with van der Waals surface area (Å²) < 4.78 is 5.40. The molecule has 0 saturated heterocycles. The predicted molar refractivity (Wildman–Crippen MR) is 106 cm³/mol. The second kappa shape index (κ2) is 8.34. The third-order valence-electron chi connectivity index (χ3n) is 4.12. The summed E-state index contributed by atoms with van der Waals surface area (Å²) in [6.45, 7) is 5.78. The zero-order valence-electron chi connectivity index (χ0n) is 15.4. The minimum Gasteiger partial charge on any atom is -0.495 e. The second-order valence-corrected chi connectivity index (χ2v) is 6.02. The largest absolute Gasteiger partial charge is 0.495 e. The second-order valence-electron chi connectivity index (χ2n) is 6.02. The Balaban J connectivity index is 1.86. The van der Waals surface area contributed by atoms with Crippen LogP contribution >= 0.6 is 0 Å². The first-order chi connectivity index (χ1) is 12.7. The topological polar surface area (TPSA) is 50.3 Å². The van der Waals surface area contributed by atoms with Crippen molar-refractivity contribution in [2.75, 3.05) is 23.9 Å². The molecule has 0 aliphatic rings. The van der Waals surface area contributed by atoms with Crippen LogP contribution in [0.15, 0.2) is 60.7 Å². The van der Waals surface area contributed by atoms with Crippen LogP contribution in [-0.4, -0.2) is 23.6 Å². The minimum absolute atomic E-state index is 0.566. The lowest BCUT2D eigenvalue weighted by Gasteiger charge is -2.23. The third kappa shape index (κ3) is 4.30. The van der Waals surface area contributed by atoms with E-state index in [1.54, 1.807) is 7.11 Å². The number of aryl methyl sites for hydroxylation is 1. The first kappa shape index (κ1) is 17.7. The van der Waals surface area contributed by atoms with E-state index in [0.29, 0.717) is 5.95 Å². The van der Waals surface area contributed by atoms with Gasteiger partial charge in [0.2, 0.25) is 5.95 Å². The molecule has 0 unspecified atom stereocenters. The molecule has 1 aromatic heterocycles. The van der Waals surface area contributed by atoms with Crippen molar-refractivity contribution in [3.63, 3.8) is 0 Å². The van der Waals surface area contributed by atoms with Gasteiger partial charge in [-0.25, -0.2) is 4.98 Å². The van der Waals surface area contributed by atoms with Gasteiger partial charge >= 0.3 is 0 Å². The molecule has 0 spiro atoms. The van der Waals surface area contributed by atoms with E-state index >= 15 is 0 Å². The Hall–Kier alpha value is -3.08. The van der Waals surface area contributed by atoms with Gasteiger partial charge < -0.3 is 15.0 Å². The number of ether oxygens (including phenoxy) is 1. The zero-order chi connectivity index (χ0) is 18.4. The average Bonchev–Trinajstić information content (AvgIpc) is 2.67. The van der Waals surface area contributed by atoms with Gasteiger partial charge in [0.15, 0.2) is 0 Å². The van der Waals surface area contributed by atoms with Gasteiger partial charge in [-0.2, -0.15) is 4.98 Å². The molecule has 0 amide bonds. The molecule has 3 aromatic rings. The number of anilines is 3. The van der Waals surface area contributed by atoms with Crippen molar-refractivity contribution in [3.8, 4) is 5.75 Å². The molecule has 0 saturated carbocycles. The molecule has 0 aliphatic carbocycles. The summed E-state index contributed by atoms with van der Waals surface area (Å²) in [6, 6.07) is 20.2. The lowest BCUT2D eigenvalue weighted by molar-refractivity contribution is 0.417. The molecule has 134 valence electrons. The summed E-state index contributed by atoms with van der Waals surface area (Å²) in [5, 5.41) is 3.27. The highest BCUT2D eigenvalue weighted by atomic mass is 16.5. The van der Waals surface area contributed by atoms with Crippen molar-refractivity contribution in [2.45, 2.75) is 20.4 Å². The highest BCUT2D eigenvalue weighted by Crippen LogP contribution is 2.26. The molecule has 26 heavy (non-hydrogen) atoms. The first-order valence-corrected chi connectivity index (χ1v) is 8.74. The van der Waals surface area contributed by atoms with Gasteiger partial charge in [-0.05, 0) is 31.5 Å². The van der Waals surface area contributed by atoms with Gasteiger partial charge in [0.1, 0.15) is 11.6 Å². The zero-order valence-corrected chi connectivity index (χ0v) is 15.4. The Labute approximate surface area is 154 Å². The molecule has 0 fully saturated rings. The van der Waals surface area contributed by atoms with Crippen molar-refractivity contribution in [1.82, 2.24) is 9.97 Å². The Morgan fingerprint density at radius 1 is 1.00 bits per heavy atom. The third-order valence-corrected chi connectivity index (χ3v) is 4.12. The van der Waals surface area contributed by atoms with Crippen LogP contribution in [0.3, 0.4) is 0 Å². The Morgan fingerprint density at radius 3 is 2.46 bits per heavy atom. The number of rotatable bonds is 7. The van der Waals surface area contributed by atoms with E-state index in [1.807, 2.05) is 43.3 Å². The van der Waals surface area contributed by atoms with Crippen molar-refractivity contribution < 1.29 is 4.74 Å². The van der Waals surface area contributed by atoms with E-state index in [2.05, 4.69) is 46.4 Å². The number of benzene rings is 2. The fraction of sp³-hybridized carbons (Fsp3) is 0.238. The molecular weight excluding hydrogens is 324 g/mol. The van der Waals surface area contributed by atoms with E-state index in [1.165, 1.54) is 5.56 Å². The van der Waals surface area contributed by atoms with Crippen LogP contribution in [0.1, 0.15) is 18.2 Å². The van der Waals surface area contributed by atoms with E-state index in [4.69, 9.17) is 9.72 Å². The Kier molecular flexibility index (Phi) is 5.69. The lowest BCUT2D eigenvalue weighted by atomic mass is 10.2. The molecule has 5 heteroatoms. The molecule has 1 N–H and O–H groups in total. The first-order valence-electron chi connectivity index (χ1n) is 8.74. The summed E-state index contributed by atoms with van der Waals surface area (Å²) in [6.07, 6.45) is 0. The maximum atomic E-state index is 5.40. The quantitative estimate of drug-likeness (QED) is 0.678. The van der Waals surface area contributed by atoms with E-state index in [-0.39, 0.29) is 0 Å². The van der Waals surface area contributed by atoms with Gasteiger partial charge in [0, 0.05) is 24.8 Å². The summed E-state index contributed by atoms with van der Waals surface area (Å²) in [5.41, 5.74) is 3.02. The van der Waals surface area contributed by atoms with Gasteiger partial charge in [-0.1, -0.05) is 42.5 Å². The standard InChI is InChI=1S/C21H24N4O/c1-4-25(15-17-10-6-5-7-11-17)20-14-16(2)22-21(24-20)23-18-12-8-9-13-19(18)26-3/h5-14H,4,15H2,1-3H3,(H,22,23,24). The van der Waals surface area contributed by atoms with Crippen LogP contribution in [0.5, 0.6) is 5.75 Å². The molecule has 2 aromatic carbocycles. The fourth-order valence-electron chi connectivity index (χ4n) is 2.80. The van der Waals surface area contributed by atoms with Crippen LogP contribution in [0, 0.1) is 6.92 Å². The van der Waals surface area contributed by atoms with Crippen molar-refractivity contribution in [3.05, 3.63) is 71.9 Å². The van der Waals surface area contributed by atoms with Crippen LogP contribution in [0.2, 0.25) is 0 Å². The molecular formula is C21H24N4O. The van der Waals surface area contributed by atoms with Gasteiger partial charge in [0.25, 0.3) is 0 Å². The van der Waals surface area contributed by atoms with Gasteiger partial charge in [-0.15, -0.1) is 0 Å². The number of nitrogens with one attached hydrogen (secondary N) is 1. The molecule has 0 bridgehead atoms. The molecule has 0 radical (unpaired) electrons. The van der Waals surface area contributed by atoms with Gasteiger partial charge in [-0.3, -0.25) is 0 Å². The summed E-state index contributed by atoms with van der Waals surface area (Å²) in [4.78, 5) is 11.5. The van der Waals surface area contributed by atoms with E-state index in [9.17, 15) is 0 Å². The molecule has 3 rings (SSSR count). The highest BCUT2D eigenvalue weighted by Gasteiger charge is 2.11. The maximum Gasteiger partial charge on any atom is 0.229 e. The van der Waals surface area contributed by atoms with Gasteiger partial charge in [0.05, 0.1) is 12.8 Å². The lowest BCUT2D eigenvalue weighted by Crippen LogP contribution is -2.23. The average molecular weight is 348 g/mol. The van der Waals surface area contributed by atoms with E-state index in [0.717, 1.165) is 36.0 Å². The Morgan fingerprint density at radius 2 is 1.73 bits per heavy atom. The van der Waals surface area contributed by atoms with Crippen molar-refractivity contribution in [1.29, 1.82) is 0 Å². The monoisotopic (exact) mass is 348 g/mol. The predicted octanol–water partition coefficient (Wildman–Crippen LogP) is 4.56. The summed E-state index contributed by atoms with van der Waals surface area (Å²) in [5.74, 6) is 2.23. The van der Waals surface area contributed by atoms with E-state index < -0.39 is 0 Å². The van der Waals surface area contributed by atoms with Crippen LogP contribution in [0.4, 0.5) is 17.5 Å². The Bertz CT molecular complexity index is 852. The number of methoxy groups -OCH3 is 1. The summed E-state index contributed by atoms with van der Waals surface area (Å²) in [7, 11) is 1.65. The SMILES string of the molecule is CCN(Cc1ccccc1)c1cc(C)nc(Nc2ccccc2OC)n1. The highest BCUT2D eigenvalue weighted by molar-refractivity contribution is 5.63. The molecule has 1 heterocycles. The normalized spacial score (nSPS) is 10.4. The van der Waals surface area contributed by atoms with Crippen LogP contribution in [0.25, 0.3) is 0 Å².